The third-order valence-electron chi connectivity index (χ3n) is 3.02. The Bertz CT molecular complexity index is 337. The Morgan fingerprint density at radius 2 is 1.78 bits per heavy atom. The smallest absolute Gasteiger partial charge is 0.0667 e. The summed E-state index contributed by atoms with van der Waals surface area (Å²) < 4.78 is 0. The van der Waals surface area contributed by atoms with Crippen molar-refractivity contribution in [1.29, 1.82) is 0 Å². The van der Waals surface area contributed by atoms with E-state index in [9.17, 15) is 5.11 Å². The van der Waals surface area contributed by atoms with Gasteiger partial charge >= 0.3 is 0 Å². The van der Waals surface area contributed by atoms with Crippen molar-refractivity contribution in [2.24, 2.45) is 5.92 Å². The minimum atomic E-state index is -0.252. The van der Waals surface area contributed by atoms with Crippen LogP contribution in [-0.2, 0) is 0 Å². The SMILES string of the molecule is CSc1ccc(C(C)NCC(O)CC(C)C)cc1. The van der Waals surface area contributed by atoms with Crippen LogP contribution in [-0.4, -0.2) is 24.0 Å². The Morgan fingerprint density at radius 1 is 1.17 bits per heavy atom. The van der Waals surface area contributed by atoms with Crippen molar-refractivity contribution >= 4 is 11.8 Å². The van der Waals surface area contributed by atoms with Gasteiger partial charge in [0.1, 0.15) is 0 Å². The van der Waals surface area contributed by atoms with Crippen LogP contribution in [0.2, 0.25) is 0 Å². The Balaban J connectivity index is 2.42. The molecule has 1 aromatic rings. The molecule has 0 amide bonds. The van der Waals surface area contributed by atoms with Crippen molar-refractivity contribution in [2.75, 3.05) is 12.8 Å². The van der Waals surface area contributed by atoms with E-state index in [-0.39, 0.29) is 12.1 Å². The van der Waals surface area contributed by atoms with Crippen LogP contribution >= 0.6 is 11.8 Å². The van der Waals surface area contributed by atoms with Crippen molar-refractivity contribution in [1.82, 2.24) is 5.32 Å². The van der Waals surface area contributed by atoms with Gasteiger partial charge in [-0.1, -0.05) is 26.0 Å². The van der Waals surface area contributed by atoms with Crippen LogP contribution in [0, 0.1) is 5.92 Å². The lowest BCUT2D eigenvalue weighted by atomic mass is 10.0. The Morgan fingerprint density at radius 3 is 2.28 bits per heavy atom. The summed E-state index contributed by atoms with van der Waals surface area (Å²) in [6.45, 7) is 7.06. The molecule has 3 heteroatoms. The molecule has 0 aliphatic carbocycles. The molecule has 18 heavy (non-hydrogen) atoms. The van der Waals surface area contributed by atoms with Crippen LogP contribution < -0.4 is 5.32 Å². The maximum Gasteiger partial charge on any atom is 0.0667 e. The van der Waals surface area contributed by atoms with Gasteiger partial charge in [0.2, 0.25) is 0 Å². The molecule has 0 bridgehead atoms. The third-order valence-corrected chi connectivity index (χ3v) is 3.76. The molecule has 0 aromatic heterocycles. The summed E-state index contributed by atoms with van der Waals surface area (Å²) in [5, 5.41) is 13.2. The van der Waals surface area contributed by atoms with E-state index in [1.165, 1.54) is 10.5 Å². The molecular formula is C15H25NOS. The zero-order valence-corrected chi connectivity index (χ0v) is 12.6. The minimum absolute atomic E-state index is 0.252. The van der Waals surface area contributed by atoms with E-state index in [1.807, 2.05) is 0 Å². The molecule has 1 rings (SSSR count). The molecule has 0 fully saturated rings. The largest absolute Gasteiger partial charge is 0.392 e. The quantitative estimate of drug-likeness (QED) is 0.742. The van der Waals surface area contributed by atoms with E-state index >= 15 is 0 Å². The number of hydrogen-bond donors (Lipinski definition) is 2. The van der Waals surface area contributed by atoms with Crippen LogP contribution in [0.15, 0.2) is 29.2 Å². The summed E-state index contributed by atoms with van der Waals surface area (Å²) in [4.78, 5) is 1.28. The number of hydrogen-bond acceptors (Lipinski definition) is 3. The molecule has 0 saturated heterocycles. The number of aliphatic hydroxyl groups is 1. The van der Waals surface area contributed by atoms with Gasteiger partial charge in [-0.25, -0.2) is 0 Å². The minimum Gasteiger partial charge on any atom is -0.392 e. The Kier molecular flexibility index (Phi) is 6.76. The fourth-order valence-corrected chi connectivity index (χ4v) is 2.36. The zero-order valence-electron chi connectivity index (χ0n) is 11.8. The van der Waals surface area contributed by atoms with E-state index in [1.54, 1.807) is 11.8 Å². The number of thioether (sulfide) groups is 1. The monoisotopic (exact) mass is 267 g/mol. The van der Waals surface area contributed by atoms with Crippen LogP contribution in [0.1, 0.15) is 38.8 Å². The summed E-state index contributed by atoms with van der Waals surface area (Å²) >= 11 is 1.75. The number of aliphatic hydroxyl groups excluding tert-OH is 1. The average molecular weight is 267 g/mol. The van der Waals surface area contributed by atoms with Gasteiger partial charge in [-0.05, 0) is 43.2 Å². The predicted molar refractivity (Wildman–Crippen MR) is 80.1 cm³/mol. The Labute approximate surface area is 115 Å². The highest BCUT2D eigenvalue weighted by Crippen LogP contribution is 2.19. The van der Waals surface area contributed by atoms with Gasteiger partial charge in [-0.15, -0.1) is 11.8 Å². The van der Waals surface area contributed by atoms with E-state index in [4.69, 9.17) is 0 Å². The molecule has 0 aliphatic rings. The molecule has 0 spiro atoms. The summed E-state index contributed by atoms with van der Waals surface area (Å²) in [6.07, 6.45) is 2.68. The van der Waals surface area contributed by atoms with Gasteiger partial charge in [0.05, 0.1) is 6.10 Å². The molecule has 0 radical (unpaired) electrons. The molecule has 0 heterocycles. The van der Waals surface area contributed by atoms with Crippen LogP contribution in [0.4, 0.5) is 0 Å². The zero-order chi connectivity index (χ0) is 13.5. The molecule has 2 nitrogen and oxygen atoms in total. The van der Waals surface area contributed by atoms with E-state index in [0.717, 1.165) is 6.42 Å². The number of rotatable bonds is 7. The lowest BCUT2D eigenvalue weighted by Crippen LogP contribution is -2.29. The van der Waals surface area contributed by atoms with Gasteiger partial charge < -0.3 is 10.4 Å². The summed E-state index contributed by atoms with van der Waals surface area (Å²) in [6, 6.07) is 8.87. The molecule has 2 atom stereocenters. The van der Waals surface area contributed by atoms with Gasteiger partial charge in [0, 0.05) is 17.5 Å². The normalized spacial score (nSPS) is 14.8. The molecule has 2 N–H and O–H groups in total. The highest BCUT2D eigenvalue weighted by atomic mass is 32.2. The standard InChI is InChI=1S/C15H25NOS/c1-11(2)9-14(17)10-16-12(3)13-5-7-15(18-4)8-6-13/h5-8,11-12,14,16-17H,9-10H2,1-4H3. The number of nitrogens with one attached hydrogen (secondary N) is 1. The molecular weight excluding hydrogens is 242 g/mol. The van der Waals surface area contributed by atoms with Crippen molar-refractivity contribution in [2.45, 2.75) is 44.2 Å². The predicted octanol–water partition coefficient (Wildman–Crippen LogP) is 3.47. The van der Waals surface area contributed by atoms with Crippen molar-refractivity contribution in [3.8, 4) is 0 Å². The van der Waals surface area contributed by atoms with Crippen molar-refractivity contribution in [3.05, 3.63) is 29.8 Å². The van der Waals surface area contributed by atoms with E-state index < -0.39 is 0 Å². The molecule has 102 valence electrons. The van der Waals surface area contributed by atoms with Gasteiger partial charge in [0.25, 0.3) is 0 Å². The molecule has 0 saturated carbocycles. The number of benzene rings is 1. The summed E-state index contributed by atoms with van der Waals surface area (Å²) in [5.41, 5.74) is 1.27. The topological polar surface area (TPSA) is 32.3 Å². The average Bonchev–Trinajstić information content (AvgIpc) is 2.35. The second kappa shape index (κ2) is 7.82. The third kappa shape index (κ3) is 5.42. The fourth-order valence-electron chi connectivity index (χ4n) is 1.95. The lowest BCUT2D eigenvalue weighted by molar-refractivity contribution is 0.143. The van der Waals surface area contributed by atoms with Crippen LogP contribution in [0.3, 0.4) is 0 Å². The highest BCUT2D eigenvalue weighted by molar-refractivity contribution is 7.98. The first kappa shape index (κ1) is 15.5. The molecule has 1 aromatic carbocycles. The lowest BCUT2D eigenvalue weighted by Gasteiger charge is -2.18. The second-order valence-electron chi connectivity index (χ2n) is 5.19. The maximum atomic E-state index is 9.83. The highest BCUT2D eigenvalue weighted by Gasteiger charge is 2.10. The Hall–Kier alpha value is -0.510. The first-order chi connectivity index (χ1) is 8.52. The van der Waals surface area contributed by atoms with Crippen molar-refractivity contribution < 1.29 is 5.11 Å². The van der Waals surface area contributed by atoms with Crippen LogP contribution in [0.5, 0.6) is 0 Å². The first-order valence-corrected chi connectivity index (χ1v) is 7.80. The molecule has 2 unspecified atom stereocenters. The van der Waals surface area contributed by atoms with E-state index in [2.05, 4.69) is 56.6 Å². The van der Waals surface area contributed by atoms with E-state index in [0.29, 0.717) is 12.5 Å². The fraction of sp³-hybridized carbons (Fsp3) is 0.600. The first-order valence-electron chi connectivity index (χ1n) is 6.58. The summed E-state index contributed by atoms with van der Waals surface area (Å²) in [7, 11) is 0. The van der Waals surface area contributed by atoms with Crippen LogP contribution in [0.25, 0.3) is 0 Å². The van der Waals surface area contributed by atoms with Crippen molar-refractivity contribution in [3.63, 3.8) is 0 Å². The second-order valence-corrected chi connectivity index (χ2v) is 6.07. The maximum absolute atomic E-state index is 9.83. The van der Waals surface area contributed by atoms with Gasteiger partial charge in [-0.2, -0.15) is 0 Å². The van der Waals surface area contributed by atoms with Gasteiger partial charge in [0.15, 0.2) is 0 Å². The summed E-state index contributed by atoms with van der Waals surface area (Å²) in [5.74, 6) is 0.540. The van der Waals surface area contributed by atoms with Gasteiger partial charge in [-0.3, -0.25) is 0 Å². The molecule has 0 aliphatic heterocycles.